The van der Waals surface area contributed by atoms with Crippen LogP contribution in [0, 0.1) is 6.92 Å². The molecule has 32 heavy (non-hydrogen) atoms. The highest BCUT2D eigenvalue weighted by Crippen LogP contribution is 2.29. The SMILES string of the molecule is CCOc1cc(/C=C/C(=O)c2ccn(CC)n2)ccc1OCC(=O)Nc1ccc(C)cc1. The third-order valence-corrected chi connectivity index (χ3v) is 4.61. The number of allylic oxidation sites excluding steroid dienone is 1. The van der Waals surface area contributed by atoms with Crippen LogP contribution in [0.4, 0.5) is 5.69 Å². The normalized spacial score (nSPS) is 10.8. The number of ether oxygens (including phenoxy) is 2. The summed E-state index contributed by atoms with van der Waals surface area (Å²) in [5.41, 5.74) is 3.00. The Labute approximate surface area is 187 Å². The van der Waals surface area contributed by atoms with Gasteiger partial charge in [-0.05, 0) is 62.7 Å². The summed E-state index contributed by atoms with van der Waals surface area (Å²) in [6.45, 7) is 6.80. The number of hydrogen-bond acceptors (Lipinski definition) is 5. The van der Waals surface area contributed by atoms with Crippen molar-refractivity contribution in [1.82, 2.24) is 9.78 Å². The van der Waals surface area contributed by atoms with Crippen LogP contribution in [0.1, 0.15) is 35.5 Å². The summed E-state index contributed by atoms with van der Waals surface area (Å²) >= 11 is 0. The molecule has 0 saturated heterocycles. The molecule has 1 N–H and O–H groups in total. The van der Waals surface area contributed by atoms with E-state index in [1.54, 1.807) is 41.2 Å². The van der Waals surface area contributed by atoms with E-state index in [0.717, 1.165) is 11.1 Å². The predicted molar refractivity (Wildman–Crippen MR) is 124 cm³/mol. The van der Waals surface area contributed by atoms with Gasteiger partial charge in [-0.15, -0.1) is 0 Å². The Balaban J connectivity index is 1.63. The van der Waals surface area contributed by atoms with Crippen LogP contribution < -0.4 is 14.8 Å². The molecule has 0 aliphatic carbocycles. The van der Waals surface area contributed by atoms with Crippen molar-refractivity contribution >= 4 is 23.5 Å². The first-order valence-electron chi connectivity index (χ1n) is 10.5. The molecule has 3 rings (SSSR count). The summed E-state index contributed by atoms with van der Waals surface area (Å²) in [6.07, 6.45) is 4.95. The summed E-state index contributed by atoms with van der Waals surface area (Å²) in [4.78, 5) is 24.5. The van der Waals surface area contributed by atoms with Gasteiger partial charge in [0.2, 0.25) is 5.78 Å². The molecule has 166 valence electrons. The summed E-state index contributed by atoms with van der Waals surface area (Å²) in [6, 6.07) is 14.5. The van der Waals surface area contributed by atoms with Crippen LogP contribution in [0.2, 0.25) is 0 Å². The van der Waals surface area contributed by atoms with Crippen molar-refractivity contribution in [2.75, 3.05) is 18.5 Å². The minimum Gasteiger partial charge on any atom is -0.490 e. The number of amides is 1. The summed E-state index contributed by atoms with van der Waals surface area (Å²) in [5, 5.41) is 7.01. The van der Waals surface area contributed by atoms with Crippen LogP contribution in [0.25, 0.3) is 6.08 Å². The van der Waals surface area contributed by atoms with Crippen LogP contribution in [0.3, 0.4) is 0 Å². The Hall–Kier alpha value is -3.87. The van der Waals surface area contributed by atoms with Crippen molar-refractivity contribution in [2.24, 2.45) is 0 Å². The number of ketones is 1. The monoisotopic (exact) mass is 433 g/mol. The molecule has 0 aliphatic heterocycles. The molecule has 7 heteroatoms. The second-order valence-electron chi connectivity index (χ2n) is 7.10. The molecule has 0 unspecified atom stereocenters. The van der Waals surface area contributed by atoms with Gasteiger partial charge in [0.05, 0.1) is 6.61 Å². The first-order valence-corrected chi connectivity index (χ1v) is 10.5. The molecule has 1 heterocycles. The fourth-order valence-corrected chi connectivity index (χ4v) is 2.92. The minimum atomic E-state index is -0.266. The Morgan fingerprint density at radius 1 is 1.03 bits per heavy atom. The number of nitrogens with one attached hydrogen (secondary N) is 1. The van der Waals surface area contributed by atoms with Crippen LogP contribution in [-0.4, -0.2) is 34.7 Å². The average Bonchev–Trinajstić information content (AvgIpc) is 3.28. The number of nitrogens with zero attached hydrogens (tertiary/aromatic N) is 2. The largest absolute Gasteiger partial charge is 0.490 e. The van der Waals surface area contributed by atoms with E-state index in [0.29, 0.717) is 36.0 Å². The Morgan fingerprint density at radius 2 is 1.81 bits per heavy atom. The van der Waals surface area contributed by atoms with E-state index in [-0.39, 0.29) is 18.3 Å². The van der Waals surface area contributed by atoms with Crippen LogP contribution >= 0.6 is 0 Å². The lowest BCUT2D eigenvalue weighted by molar-refractivity contribution is -0.118. The fourth-order valence-electron chi connectivity index (χ4n) is 2.92. The van der Waals surface area contributed by atoms with Gasteiger partial charge < -0.3 is 14.8 Å². The van der Waals surface area contributed by atoms with E-state index in [4.69, 9.17) is 9.47 Å². The highest BCUT2D eigenvalue weighted by molar-refractivity contribution is 6.05. The standard InChI is InChI=1S/C25H27N3O4/c1-4-28-15-14-21(27-28)22(29)12-8-19-9-13-23(24(16-19)31-5-2)32-17-25(30)26-20-10-6-18(3)7-11-20/h6-16H,4-5,17H2,1-3H3,(H,26,30)/b12-8+. The zero-order valence-corrected chi connectivity index (χ0v) is 18.5. The van der Waals surface area contributed by atoms with E-state index in [2.05, 4.69) is 10.4 Å². The molecule has 0 atom stereocenters. The smallest absolute Gasteiger partial charge is 0.262 e. The Bertz CT molecular complexity index is 1100. The molecule has 0 bridgehead atoms. The van der Waals surface area contributed by atoms with Crippen molar-refractivity contribution in [2.45, 2.75) is 27.3 Å². The summed E-state index contributed by atoms with van der Waals surface area (Å²) < 4.78 is 13.0. The van der Waals surface area contributed by atoms with Gasteiger partial charge in [-0.25, -0.2) is 0 Å². The molecule has 0 radical (unpaired) electrons. The maximum atomic E-state index is 12.3. The zero-order valence-electron chi connectivity index (χ0n) is 18.5. The zero-order chi connectivity index (χ0) is 22.9. The summed E-state index contributed by atoms with van der Waals surface area (Å²) in [7, 11) is 0. The van der Waals surface area contributed by atoms with E-state index < -0.39 is 0 Å². The van der Waals surface area contributed by atoms with Gasteiger partial charge in [-0.2, -0.15) is 5.10 Å². The summed E-state index contributed by atoms with van der Waals surface area (Å²) in [5.74, 6) is 0.511. The number of aryl methyl sites for hydroxylation is 2. The molecular weight excluding hydrogens is 406 g/mol. The Morgan fingerprint density at radius 3 is 2.50 bits per heavy atom. The van der Waals surface area contributed by atoms with E-state index in [9.17, 15) is 9.59 Å². The van der Waals surface area contributed by atoms with E-state index in [1.807, 2.05) is 45.0 Å². The van der Waals surface area contributed by atoms with Gasteiger partial charge >= 0.3 is 0 Å². The first kappa shape index (κ1) is 22.8. The number of hydrogen-bond donors (Lipinski definition) is 1. The lowest BCUT2D eigenvalue weighted by atomic mass is 10.1. The molecule has 0 aliphatic rings. The topological polar surface area (TPSA) is 82.5 Å². The Kier molecular flexibility index (Phi) is 7.80. The predicted octanol–water partition coefficient (Wildman–Crippen LogP) is 4.52. The maximum absolute atomic E-state index is 12.3. The molecule has 0 spiro atoms. The van der Waals surface area contributed by atoms with Crippen LogP contribution in [-0.2, 0) is 11.3 Å². The van der Waals surface area contributed by atoms with Crippen molar-refractivity contribution in [1.29, 1.82) is 0 Å². The number of aromatic nitrogens is 2. The number of benzene rings is 2. The number of rotatable bonds is 10. The maximum Gasteiger partial charge on any atom is 0.262 e. The lowest BCUT2D eigenvalue weighted by Crippen LogP contribution is -2.20. The van der Waals surface area contributed by atoms with Crippen LogP contribution in [0.5, 0.6) is 11.5 Å². The second kappa shape index (κ2) is 10.9. The van der Waals surface area contributed by atoms with Gasteiger partial charge in [-0.1, -0.05) is 29.8 Å². The highest BCUT2D eigenvalue weighted by atomic mass is 16.5. The molecule has 2 aromatic carbocycles. The van der Waals surface area contributed by atoms with Gasteiger partial charge in [0, 0.05) is 18.4 Å². The lowest BCUT2D eigenvalue weighted by Gasteiger charge is -2.13. The molecule has 3 aromatic rings. The van der Waals surface area contributed by atoms with E-state index in [1.165, 1.54) is 6.08 Å². The quantitative estimate of drug-likeness (QED) is 0.375. The molecule has 0 fully saturated rings. The number of carbonyl (C=O) groups excluding carboxylic acids is 2. The van der Waals surface area contributed by atoms with Crippen molar-refractivity contribution in [3.8, 4) is 11.5 Å². The molecule has 7 nitrogen and oxygen atoms in total. The average molecular weight is 434 g/mol. The van der Waals surface area contributed by atoms with Gasteiger partial charge in [0.15, 0.2) is 18.1 Å². The van der Waals surface area contributed by atoms with Crippen molar-refractivity contribution in [3.63, 3.8) is 0 Å². The van der Waals surface area contributed by atoms with Crippen molar-refractivity contribution < 1.29 is 19.1 Å². The molecule has 1 amide bonds. The fraction of sp³-hybridized carbons (Fsp3) is 0.240. The highest BCUT2D eigenvalue weighted by Gasteiger charge is 2.10. The van der Waals surface area contributed by atoms with Gasteiger partial charge in [-0.3, -0.25) is 14.3 Å². The number of anilines is 1. The molecular formula is C25H27N3O4. The minimum absolute atomic E-state index is 0.151. The second-order valence-corrected chi connectivity index (χ2v) is 7.10. The van der Waals surface area contributed by atoms with Crippen LogP contribution in [0.15, 0.2) is 60.8 Å². The third-order valence-electron chi connectivity index (χ3n) is 4.61. The van der Waals surface area contributed by atoms with E-state index >= 15 is 0 Å². The first-order chi connectivity index (χ1) is 15.5. The molecule has 0 saturated carbocycles. The van der Waals surface area contributed by atoms with Gasteiger partial charge in [0.1, 0.15) is 5.69 Å². The van der Waals surface area contributed by atoms with Gasteiger partial charge in [0.25, 0.3) is 5.91 Å². The third kappa shape index (κ3) is 6.31. The number of carbonyl (C=O) groups is 2. The molecule has 1 aromatic heterocycles. The van der Waals surface area contributed by atoms with Crippen molar-refractivity contribution in [3.05, 3.63) is 77.6 Å².